The van der Waals surface area contributed by atoms with Crippen molar-refractivity contribution >= 4 is 27.8 Å². The number of nitrogens with zero attached hydrogens (tertiary/aromatic N) is 2. The van der Waals surface area contributed by atoms with Crippen LogP contribution in [0.4, 0.5) is 17.1 Å². The largest absolute Gasteiger partial charge is 0.495 e. The number of nitro benzene ring substituents is 1. The molecule has 0 bridgehead atoms. The minimum absolute atomic E-state index is 0.0425. The normalized spacial score (nSPS) is 10.4. The zero-order valence-corrected chi connectivity index (χ0v) is 11.8. The van der Waals surface area contributed by atoms with Gasteiger partial charge in [0.15, 0.2) is 0 Å². The molecule has 0 aliphatic carbocycles. The van der Waals surface area contributed by atoms with Crippen molar-refractivity contribution in [2.45, 2.75) is 0 Å². The van der Waals surface area contributed by atoms with E-state index in [1.54, 1.807) is 43.8 Å². The molecule has 6 nitrogen and oxygen atoms in total. The molecule has 1 N–H and O–H groups in total. The second-order valence-corrected chi connectivity index (χ2v) is 4.68. The summed E-state index contributed by atoms with van der Waals surface area (Å²) in [6.45, 7) is 0. The lowest BCUT2D eigenvalue weighted by atomic mass is 10.1. The molecule has 0 spiro atoms. The van der Waals surface area contributed by atoms with Gasteiger partial charge in [0, 0.05) is 6.07 Å². The lowest BCUT2D eigenvalue weighted by molar-refractivity contribution is -0.382. The Labute approximate surface area is 126 Å². The molecule has 1 heterocycles. The standard InChI is InChI=1S/C16H13N3O3/c1-22-13-8-12(9-17-10-13)18-15-7-6-11-4-2-3-5-14(11)16(15)19(20)21/h2-10,18H,1H3. The summed E-state index contributed by atoms with van der Waals surface area (Å²) in [5, 5.41) is 15.9. The third kappa shape index (κ3) is 2.54. The highest BCUT2D eigenvalue weighted by molar-refractivity contribution is 5.97. The third-order valence-electron chi connectivity index (χ3n) is 3.31. The fourth-order valence-electron chi connectivity index (χ4n) is 2.31. The Morgan fingerprint density at radius 3 is 2.77 bits per heavy atom. The van der Waals surface area contributed by atoms with Gasteiger partial charge in [-0.25, -0.2) is 0 Å². The SMILES string of the molecule is COc1cncc(Nc2ccc3ccccc3c2[N+](=O)[O-])c1. The van der Waals surface area contributed by atoms with Crippen LogP contribution in [0.15, 0.2) is 54.9 Å². The van der Waals surface area contributed by atoms with E-state index in [0.29, 0.717) is 22.5 Å². The maximum absolute atomic E-state index is 11.5. The Balaban J connectivity index is 2.10. The van der Waals surface area contributed by atoms with Crippen molar-refractivity contribution < 1.29 is 9.66 Å². The second-order valence-electron chi connectivity index (χ2n) is 4.68. The van der Waals surface area contributed by atoms with E-state index in [9.17, 15) is 10.1 Å². The van der Waals surface area contributed by atoms with Crippen LogP contribution in [0.2, 0.25) is 0 Å². The summed E-state index contributed by atoms with van der Waals surface area (Å²) in [5.74, 6) is 0.577. The molecular weight excluding hydrogens is 282 g/mol. The third-order valence-corrected chi connectivity index (χ3v) is 3.31. The molecule has 3 aromatic rings. The minimum atomic E-state index is -0.377. The topological polar surface area (TPSA) is 77.3 Å². The molecule has 0 aliphatic heterocycles. The molecule has 0 radical (unpaired) electrons. The molecule has 0 aliphatic rings. The van der Waals surface area contributed by atoms with Gasteiger partial charge in [0.2, 0.25) is 0 Å². The molecule has 0 saturated heterocycles. The van der Waals surface area contributed by atoms with Gasteiger partial charge in [0.1, 0.15) is 11.4 Å². The molecule has 1 aromatic heterocycles. The van der Waals surface area contributed by atoms with Crippen LogP contribution in [0.1, 0.15) is 0 Å². The Morgan fingerprint density at radius 1 is 1.18 bits per heavy atom. The zero-order chi connectivity index (χ0) is 15.5. The first-order valence-electron chi connectivity index (χ1n) is 6.61. The van der Waals surface area contributed by atoms with Crippen LogP contribution in [0, 0.1) is 10.1 Å². The molecule has 0 unspecified atom stereocenters. The van der Waals surface area contributed by atoms with Crippen molar-refractivity contribution in [1.29, 1.82) is 0 Å². The van der Waals surface area contributed by atoms with Crippen molar-refractivity contribution in [3.8, 4) is 5.75 Å². The Morgan fingerprint density at radius 2 is 2.00 bits per heavy atom. The van der Waals surface area contributed by atoms with Gasteiger partial charge < -0.3 is 10.1 Å². The lowest BCUT2D eigenvalue weighted by Crippen LogP contribution is -1.98. The first-order valence-corrected chi connectivity index (χ1v) is 6.61. The molecule has 0 saturated carbocycles. The highest BCUT2D eigenvalue weighted by Crippen LogP contribution is 2.35. The van der Waals surface area contributed by atoms with E-state index >= 15 is 0 Å². The van der Waals surface area contributed by atoms with Crippen LogP contribution in [0.5, 0.6) is 5.75 Å². The average Bonchev–Trinajstić information content (AvgIpc) is 2.54. The van der Waals surface area contributed by atoms with Gasteiger partial charge in [-0.2, -0.15) is 0 Å². The van der Waals surface area contributed by atoms with Gasteiger partial charge in [-0.1, -0.05) is 24.3 Å². The van der Waals surface area contributed by atoms with Gasteiger partial charge >= 0.3 is 0 Å². The molecule has 6 heteroatoms. The number of rotatable bonds is 4. The number of methoxy groups -OCH3 is 1. The van der Waals surface area contributed by atoms with Crippen molar-refractivity contribution in [2.24, 2.45) is 0 Å². The number of anilines is 2. The van der Waals surface area contributed by atoms with Crippen molar-refractivity contribution in [3.63, 3.8) is 0 Å². The Kier molecular flexibility index (Phi) is 3.57. The smallest absolute Gasteiger partial charge is 0.300 e. The molecule has 0 fully saturated rings. The molecular formula is C16H13N3O3. The van der Waals surface area contributed by atoms with E-state index in [2.05, 4.69) is 10.3 Å². The van der Waals surface area contributed by atoms with E-state index in [4.69, 9.17) is 4.74 Å². The summed E-state index contributed by atoms with van der Waals surface area (Å²) in [5.41, 5.74) is 1.08. The predicted octanol–water partition coefficient (Wildman–Crippen LogP) is 3.90. The molecule has 3 rings (SSSR count). The Bertz CT molecular complexity index is 849. The summed E-state index contributed by atoms with van der Waals surface area (Å²) in [6.07, 6.45) is 3.15. The van der Waals surface area contributed by atoms with E-state index in [0.717, 1.165) is 5.39 Å². The number of fused-ring (bicyclic) bond motifs is 1. The van der Waals surface area contributed by atoms with E-state index in [1.165, 1.54) is 0 Å². The summed E-state index contributed by atoms with van der Waals surface area (Å²) < 4.78 is 5.10. The number of nitro groups is 1. The number of hydrogen-bond acceptors (Lipinski definition) is 5. The maximum Gasteiger partial charge on any atom is 0.300 e. The van der Waals surface area contributed by atoms with Gasteiger partial charge in [0.25, 0.3) is 5.69 Å². The molecule has 0 atom stereocenters. The quantitative estimate of drug-likeness (QED) is 0.583. The van der Waals surface area contributed by atoms with Crippen LogP contribution in [0.25, 0.3) is 10.8 Å². The van der Waals surface area contributed by atoms with Crippen molar-refractivity contribution in [1.82, 2.24) is 4.98 Å². The molecule has 22 heavy (non-hydrogen) atoms. The number of pyridine rings is 1. The molecule has 0 amide bonds. The van der Waals surface area contributed by atoms with Gasteiger partial charge in [0.05, 0.1) is 35.5 Å². The summed E-state index contributed by atoms with van der Waals surface area (Å²) in [6, 6.07) is 12.5. The molecule has 2 aromatic carbocycles. The predicted molar refractivity (Wildman–Crippen MR) is 84.7 cm³/mol. The minimum Gasteiger partial charge on any atom is -0.495 e. The van der Waals surface area contributed by atoms with Crippen molar-refractivity contribution in [2.75, 3.05) is 12.4 Å². The number of nitrogens with one attached hydrogen (secondary N) is 1. The van der Waals surface area contributed by atoms with E-state index in [-0.39, 0.29) is 10.6 Å². The van der Waals surface area contributed by atoms with E-state index in [1.807, 2.05) is 18.2 Å². The summed E-state index contributed by atoms with van der Waals surface area (Å²) in [7, 11) is 1.54. The van der Waals surface area contributed by atoms with Gasteiger partial charge in [-0.3, -0.25) is 15.1 Å². The van der Waals surface area contributed by atoms with Crippen LogP contribution >= 0.6 is 0 Å². The summed E-state index contributed by atoms with van der Waals surface area (Å²) >= 11 is 0. The van der Waals surface area contributed by atoms with E-state index < -0.39 is 0 Å². The number of aromatic nitrogens is 1. The van der Waals surface area contributed by atoms with Crippen LogP contribution < -0.4 is 10.1 Å². The van der Waals surface area contributed by atoms with Gasteiger partial charge in [-0.15, -0.1) is 0 Å². The number of benzene rings is 2. The molecule has 110 valence electrons. The first-order chi connectivity index (χ1) is 10.7. The monoisotopic (exact) mass is 295 g/mol. The number of ether oxygens (including phenoxy) is 1. The second kappa shape index (κ2) is 5.69. The Hall–Kier alpha value is -3.15. The van der Waals surface area contributed by atoms with Gasteiger partial charge in [-0.05, 0) is 17.5 Å². The lowest BCUT2D eigenvalue weighted by Gasteiger charge is -2.09. The first kappa shape index (κ1) is 13.8. The van der Waals surface area contributed by atoms with Crippen LogP contribution in [-0.4, -0.2) is 17.0 Å². The highest BCUT2D eigenvalue weighted by atomic mass is 16.6. The summed E-state index contributed by atoms with van der Waals surface area (Å²) in [4.78, 5) is 15.1. The van der Waals surface area contributed by atoms with Crippen LogP contribution in [0.3, 0.4) is 0 Å². The highest BCUT2D eigenvalue weighted by Gasteiger charge is 2.18. The number of hydrogen-bond donors (Lipinski definition) is 1. The zero-order valence-electron chi connectivity index (χ0n) is 11.8. The van der Waals surface area contributed by atoms with Crippen molar-refractivity contribution in [3.05, 3.63) is 65.0 Å². The average molecular weight is 295 g/mol. The fraction of sp³-hybridized carbons (Fsp3) is 0.0625. The fourth-order valence-corrected chi connectivity index (χ4v) is 2.31. The van der Waals surface area contributed by atoms with Crippen LogP contribution in [-0.2, 0) is 0 Å². The maximum atomic E-state index is 11.5.